The summed E-state index contributed by atoms with van der Waals surface area (Å²) in [6, 6.07) is 11.2. The van der Waals surface area contributed by atoms with Crippen molar-refractivity contribution in [2.24, 2.45) is 0 Å². The van der Waals surface area contributed by atoms with Gasteiger partial charge >= 0.3 is 0 Å². The Labute approximate surface area is 149 Å². The first-order chi connectivity index (χ1) is 12.5. The minimum absolute atomic E-state index is 0.212. The van der Waals surface area contributed by atoms with Crippen molar-refractivity contribution in [1.82, 2.24) is 9.97 Å². The molecular formula is C19H17F3N4. The van der Waals surface area contributed by atoms with Gasteiger partial charge in [-0.3, -0.25) is 0 Å². The summed E-state index contributed by atoms with van der Waals surface area (Å²) < 4.78 is 40.2. The summed E-state index contributed by atoms with van der Waals surface area (Å²) in [7, 11) is 0. The Balaban J connectivity index is 1.85. The molecular weight excluding hydrogens is 341 g/mol. The lowest BCUT2D eigenvalue weighted by Gasteiger charge is -2.14. The van der Waals surface area contributed by atoms with Gasteiger partial charge in [-0.1, -0.05) is 32.0 Å². The van der Waals surface area contributed by atoms with Crippen LogP contribution in [0.5, 0.6) is 0 Å². The van der Waals surface area contributed by atoms with E-state index in [-0.39, 0.29) is 11.5 Å². The summed E-state index contributed by atoms with van der Waals surface area (Å²) in [5.41, 5.74) is 1.75. The topological polar surface area (TPSA) is 49.8 Å². The molecule has 0 aliphatic heterocycles. The van der Waals surface area contributed by atoms with E-state index in [4.69, 9.17) is 0 Å². The average Bonchev–Trinajstić information content (AvgIpc) is 2.63. The number of benzene rings is 2. The van der Waals surface area contributed by atoms with Gasteiger partial charge in [-0.25, -0.2) is 18.2 Å². The first-order valence-electron chi connectivity index (χ1n) is 8.05. The van der Waals surface area contributed by atoms with Crippen molar-refractivity contribution in [3.63, 3.8) is 0 Å². The first kappa shape index (κ1) is 17.7. The number of nitrogens with one attached hydrogen (secondary N) is 2. The molecule has 0 bridgehead atoms. The van der Waals surface area contributed by atoms with Gasteiger partial charge < -0.3 is 10.6 Å². The van der Waals surface area contributed by atoms with Crippen molar-refractivity contribution in [2.75, 3.05) is 10.6 Å². The highest BCUT2D eigenvalue weighted by Gasteiger charge is 2.14. The summed E-state index contributed by atoms with van der Waals surface area (Å²) in [5, 5.41) is 5.76. The third-order valence-electron chi connectivity index (χ3n) is 3.78. The summed E-state index contributed by atoms with van der Waals surface area (Å²) in [4.78, 5) is 8.38. The highest BCUT2D eigenvalue weighted by atomic mass is 19.2. The summed E-state index contributed by atoms with van der Waals surface area (Å²) >= 11 is 0. The molecule has 134 valence electrons. The number of rotatable bonds is 5. The molecule has 0 saturated heterocycles. The maximum Gasteiger partial charge on any atom is 0.229 e. The molecule has 1 heterocycles. The van der Waals surface area contributed by atoms with E-state index in [1.807, 2.05) is 24.3 Å². The first-order valence-corrected chi connectivity index (χ1v) is 8.05. The molecule has 2 aromatic carbocycles. The third-order valence-corrected chi connectivity index (χ3v) is 3.78. The fourth-order valence-electron chi connectivity index (χ4n) is 2.48. The Kier molecular flexibility index (Phi) is 5.06. The molecule has 3 aromatic rings. The Bertz CT molecular complexity index is 928. The standard InChI is InChI=1S/C19H17F3N4/c1-11(2)12-5-3-4-6-14(12)25-19-23-10-9-16(26-19)24-15-8-7-13(20)17(21)18(15)22/h3-11H,1-2H3,(H2,23,24,25,26). The number of halogens is 3. The van der Waals surface area contributed by atoms with Crippen molar-refractivity contribution >= 4 is 23.1 Å². The SMILES string of the molecule is CC(C)c1ccccc1Nc1nccc(Nc2ccc(F)c(F)c2F)n1. The molecule has 0 aliphatic rings. The second-order valence-electron chi connectivity index (χ2n) is 5.98. The van der Waals surface area contributed by atoms with Crippen LogP contribution in [0.3, 0.4) is 0 Å². The van der Waals surface area contributed by atoms with Crippen LogP contribution in [-0.4, -0.2) is 9.97 Å². The fraction of sp³-hybridized carbons (Fsp3) is 0.158. The summed E-state index contributed by atoms with van der Waals surface area (Å²) in [6.07, 6.45) is 1.48. The lowest BCUT2D eigenvalue weighted by molar-refractivity contribution is 0.449. The van der Waals surface area contributed by atoms with Gasteiger partial charge in [0.1, 0.15) is 5.82 Å². The monoisotopic (exact) mass is 358 g/mol. The van der Waals surface area contributed by atoms with Gasteiger partial charge in [-0.2, -0.15) is 4.98 Å². The average molecular weight is 358 g/mol. The molecule has 0 fully saturated rings. The number of aromatic nitrogens is 2. The van der Waals surface area contributed by atoms with Crippen LogP contribution in [-0.2, 0) is 0 Å². The second-order valence-corrected chi connectivity index (χ2v) is 5.98. The van der Waals surface area contributed by atoms with Crippen molar-refractivity contribution in [3.8, 4) is 0 Å². The van der Waals surface area contributed by atoms with Gasteiger partial charge in [0.25, 0.3) is 0 Å². The molecule has 0 atom stereocenters. The molecule has 1 aromatic heterocycles. The number of nitrogens with zero attached hydrogens (tertiary/aromatic N) is 2. The van der Waals surface area contributed by atoms with Gasteiger partial charge in [0.15, 0.2) is 17.5 Å². The lowest BCUT2D eigenvalue weighted by atomic mass is 10.0. The van der Waals surface area contributed by atoms with E-state index in [1.165, 1.54) is 12.3 Å². The number of anilines is 4. The zero-order valence-corrected chi connectivity index (χ0v) is 14.2. The van der Waals surface area contributed by atoms with Crippen LogP contribution in [0.2, 0.25) is 0 Å². The Morgan fingerprint density at radius 1 is 0.846 bits per heavy atom. The van der Waals surface area contributed by atoms with E-state index in [0.29, 0.717) is 11.9 Å². The molecule has 0 radical (unpaired) electrons. The Hall–Kier alpha value is -3.09. The zero-order chi connectivity index (χ0) is 18.7. The van der Waals surface area contributed by atoms with Gasteiger partial charge in [-0.05, 0) is 35.7 Å². The Morgan fingerprint density at radius 2 is 1.62 bits per heavy atom. The quantitative estimate of drug-likeness (QED) is 0.591. The largest absolute Gasteiger partial charge is 0.338 e. The molecule has 26 heavy (non-hydrogen) atoms. The molecule has 7 heteroatoms. The third kappa shape index (κ3) is 3.77. The number of para-hydroxylation sites is 1. The molecule has 0 saturated carbocycles. The fourth-order valence-corrected chi connectivity index (χ4v) is 2.48. The van der Waals surface area contributed by atoms with Gasteiger partial charge in [0.2, 0.25) is 5.95 Å². The van der Waals surface area contributed by atoms with Crippen LogP contribution >= 0.6 is 0 Å². The van der Waals surface area contributed by atoms with Crippen molar-refractivity contribution in [3.05, 3.63) is 71.7 Å². The molecule has 0 aliphatic carbocycles. The van der Waals surface area contributed by atoms with E-state index < -0.39 is 17.5 Å². The molecule has 3 rings (SSSR count). The summed E-state index contributed by atoms with van der Waals surface area (Å²) in [6.45, 7) is 4.15. The van der Waals surface area contributed by atoms with E-state index in [2.05, 4.69) is 34.4 Å². The predicted molar refractivity (Wildman–Crippen MR) is 95.4 cm³/mol. The predicted octanol–water partition coefficient (Wildman–Crippen LogP) is 5.50. The van der Waals surface area contributed by atoms with Crippen LogP contribution in [0, 0.1) is 17.5 Å². The minimum Gasteiger partial charge on any atom is -0.338 e. The number of hydrogen-bond acceptors (Lipinski definition) is 4. The number of hydrogen-bond donors (Lipinski definition) is 2. The molecule has 4 nitrogen and oxygen atoms in total. The van der Waals surface area contributed by atoms with Crippen molar-refractivity contribution < 1.29 is 13.2 Å². The highest BCUT2D eigenvalue weighted by molar-refractivity contribution is 5.62. The zero-order valence-electron chi connectivity index (χ0n) is 14.2. The molecule has 0 spiro atoms. The highest BCUT2D eigenvalue weighted by Crippen LogP contribution is 2.27. The maximum absolute atomic E-state index is 13.8. The van der Waals surface area contributed by atoms with Crippen LogP contribution in [0.4, 0.5) is 36.3 Å². The molecule has 0 unspecified atom stereocenters. The minimum atomic E-state index is -1.53. The van der Waals surface area contributed by atoms with Gasteiger partial charge in [-0.15, -0.1) is 0 Å². The lowest BCUT2D eigenvalue weighted by Crippen LogP contribution is -2.04. The van der Waals surface area contributed by atoms with Crippen LogP contribution in [0.15, 0.2) is 48.7 Å². The van der Waals surface area contributed by atoms with Crippen LogP contribution < -0.4 is 10.6 Å². The van der Waals surface area contributed by atoms with E-state index in [0.717, 1.165) is 23.4 Å². The normalized spacial score (nSPS) is 10.8. The smallest absolute Gasteiger partial charge is 0.229 e. The second kappa shape index (κ2) is 7.43. The summed E-state index contributed by atoms with van der Waals surface area (Å²) in [5.74, 6) is -3.24. The maximum atomic E-state index is 13.8. The molecule has 0 amide bonds. The van der Waals surface area contributed by atoms with Gasteiger partial charge in [0.05, 0.1) is 5.69 Å². The van der Waals surface area contributed by atoms with Crippen LogP contribution in [0.1, 0.15) is 25.3 Å². The van der Waals surface area contributed by atoms with E-state index in [9.17, 15) is 13.2 Å². The van der Waals surface area contributed by atoms with Crippen molar-refractivity contribution in [2.45, 2.75) is 19.8 Å². The van der Waals surface area contributed by atoms with Crippen molar-refractivity contribution in [1.29, 1.82) is 0 Å². The van der Waals surface area contributed by atoms with Gasteiger partial charge in [0, 0.05) is 11.9 Å². The van der Waals surface area contributed by atoms with Crippen LogP contribution in [0.25, 0.3) is 0 Å². The molecule has 2 N–H and O–H groups in total. The van der Waals surface area contributed by atoms with E-state index in [1.54, 1.807) is 0 Å². The Morgan fingerprint density at radius 3 is 2.38 bits per heavy atom. The van der Waals surface area contributed by atoms with E-state index >= 15 is 0 Å².